The third-order valence-electron chi connectivity index (χ3n) is 13.5. The van der Waals surface area contributed by atoms with E-state index >= 15 is 0 Å². The Morgan fingerprint density at radius 2 is 1.54 bits per heavy atom. The quantitative estimate of drug-likeness (QED) is 0.344. The molecule has 0 radical (unpaired) electrons. The Balaban J connectivity index is 1.70. The molecule has 0 amide bonds. The van der Waals surface area contributed by atoms with Gasteiger partial charge in [0.25, 0.3) is 0 Å². The van der Waals surface area contributed by atoms with Crippen molar-refractivity contribution in [3.63, 3.8) is 0 Å². The second-order valence-corrected chi connectivity index (χ2v) is 14.7. The fourth-order valence-corrected chi connectivity index (χ4v) is 11.3. The molecule has 0 unspecified atom stereocenters. The van der Waals surface area contributed by atoms with Crippen LogP contribution in [0.4, 0.5) is 0 Å². The molecule has 0 bridgehead atoms. The summed E-state index contributed by atoms with van der Waals surface area (Å²) >= 11 is 0. The van der Waals surface area contributed by atoms with E-state index in [1.165, 1.54) is 12.7 Å². The number of carbonyl (C=O) groups excluding carboxylic acids is 2. The maximum Gasteiger partial charge on any atom is 0.316 e. The summed E-state index contributed by atoms with van der Waals surface area (Å²) in [5.74, 6) is 1.32. The maximum atomic E-state index is 14.2. The third-order valence-corrected chi connectivity index (χ3v) is 13.5. The first kappa shape index (κ1) is 27.2. The molecule has 5 nitrogen and oxygen atoms in total. The highest BCUT2D eigenvalue weighted by Gasteiger charge is 2.73. The van der Waals surface area contributed by atoms with Crippen LogP contribution in [0.25, 0.3) is 0 Å². The second kappa shape index (κ2) is 8.57. The minimum absolute atomic E-state index is 0.00414. The topological polar surface area (TPSA) is 72.8 Å². The first-order valence-electron chi connectivity index (χ1n) is 14.8. The van der Waals surface area contributed by atoms with E-state index in [0.29, 0.717) is 36.5 Å². The van der Waals surface area contributed by atoms with Crippen LogP contribution in [0.3, 0.4) is 0 Å². The van der Waals surface area contributed by atoms with Gasteiger partial charge in [-0.05, 0) is 104 Å². The van der Waals surface area contributed by atoms with Gasteiger partial charge in [-0.15, -0.1) is 0 Å². The van der Waals surface area contributed by atoms with Crippen LogP contribution >= 0.6 is 0 Å². The predicted octanol–water partition coefficient (Wildman–Crippen LogP) is 6.33. The summed E-state index contributed by atoms with van der Waals surface area (Å²) in [6, 6.07) is 0. The summed E-state index contributed by atoms with van der Waals surface area (Å²) < 4.78 is 11.2. The van der Waals surface area contributed by atoms with Crippen molar-refractivity contribution in [2.75, 3.05) is 14.2 Å². The molecule has 5 heteroatoms. The van der Waals surface area contributed by atoms with Crippen molar-refractivity contribution in [1.29, 1.82) is 0 Å². The molecule has 0 aliphatic heterocycles. The number of methoxy groups -OCH3 is 2. The van der Waals surface area contributed by atoms with Gasteiger partial charge in [-0.25, -0.2) is 0 Å². The Bertz CT molecular complexity index is 999. The smallest absolute Gasteiger partial charge is 0.316 e. The van der Waals surface area contributed by atoms with Gasteiger partial charge < -0.3 is 14.6 Å². The molecule has 5 rings (SSSR count). The summed E-state index contributed by atoms with van der Waals surface area (Å²) in [5.41, 5.74) is -0.433. The lowest BCUT2D eigenvalue weighted by molar-refractivity contribution is -0.218. The van der Waals surface area contributed by atoms with Gasteiger partial charge in [0.05, 0.1) is 31.2 Å². The monoisotopic (exact) mass is 514 g/mol. The molecule has 5 aliphatic carbocycles. The molecule has 10 atom stereocenters. The first-order valence-corrected chi connectivity index (χ1v) is 14.8. The minimum Gasteiger partial charge on any atom is -0.469 e. The average molecular weight is 515 g/mol. The number of allylic oxidation sites excluding steroid dienone is 1. The van der Waals surface area contributed by atoms with E-state index in [2.05, 4.69) is 47.6 Å². The minimum atomic E-state index is -0.716. The van der Waals surface area contributed by atoms with Crippen molar-refractivity contribution in [3.8, 4) is 0 Å². The highest BCUT2D eigenvalue weighted by atomic mass is 16.5. The van der Waals surface area contributed by atoms with E-state index in [1.807, 2.05) is 0 Å². The Kier molecular flexibility index (Phi) is 6.30. The predicted molar refractivity (Wildman–Crippen MR) is 143 cm³/mol. The van der Waals surface area contributed by atoms with E-state index < -0.39 is 10.8 Å². The van der Waals surface area contributed by atoms with Crippen LogP contribution in [-0.4, -0.2) is 37.4 Å². The lowest BCUT2D eigenvalue weighted by Crippen LogP contribution is -2.68. The van der Waals surface area contributed by atoms with Crippen molar-refractivity contribution in [2.45, 2.75) is 105 Å². The average Bonchev–Trinajstić information content (AvgIpc) is 2.87. The molecule has 208 valence electrons. The Morgan fingerprint density at radius 3 is 2.19 bits per heavy atom. The normalized spacial score (nSPS) is 50.4. The Labute approximate surface area is 224 Å². The van der Waals surface area contributed by atoms with E-state index in [-0.39, 0.29) is 40.2 Å². The second-order valence-electron chi connectivity index (χ2n) is 14.7. The van der Waals surface area contributed by atoms with E-state index in [0.717, 1.165) is 44.9 Å². The fourth-order valence-electron chi connectivity index (χ4n) is 11.3. The van der Waals surface area contributed by atoms with E-state index in [1.54, 1.807) is 7.11 Å². The van der Waals surface area contributed by atoms with Crippen LogP contribution in [0.1, 0.15) is 99.3 Å². The van der Waals surface area contributed by atoms with Gasteiger partial charge in [0.15, 0.2) is 0 Å². The Hall–Kier alpha value is -1.36. The van der Waals surface area contributed by atoms with Gasteiger partial charge in [0.1, 0.15) is 0 Å². The first-order chi connectivity index (χ1) is 17.3. The Morgan fingerprint density at radius 1 is 0.865 bits per heavy atom. The molecule has 0 heterocycles. The largest absolute Gasteiger partial charge is 0.469 e. The van der Waals surface area contributed by atoms with Gasteiger partial charge in [-0.2, -0.15) is 0 Å². The molecular weight excluding hydrogens is 464 g/mol. The molecule has 5 aliphatic rings. The molecule has 4 saturated carbocycles. The van der Waals surface area contributed by atoms with Crippen LogP contribution in [0.15, 0.2) is 11.6 Å². The summed E-state index contributed by atoms with van der Waals surface area (Å²) in [6.45, 7) is 13.9. The van der Waals surface area contributed by atoms with Crippen LogP contribution < -0.4 is 0 Å². The van der Waals surface area contributed by atoms with Crippen molar-refractivity contribution in [3.05, 3.63) is 11.6 Å². The van der Waals surface area contributed by atoms with E-state index in [4.69, 9.17) is 9.47 Å². The number of hydrogen-bond donors (Lipinski definition) is 1. The number of hydrogen-bond acceptors (Lipinski definition) is 5. The zero-order valence-electron chi connectivity index (χ0n) is 24.5. The molecular formula is C32H50O5. The summed E-state index contributed by atoms with van der Waals surface area (Å²) in [6.07, 6.45) is 9.99. The maximum absolute atomic E-state index is 14.2. The third kappa shape index (κ3) is 3.19. The molecule has 0 aromatic heterocycles. The molecule has 1 N–H and O–H groups in total. The van der Waals surface area contributed by atoms with Crippen molar-refractivity contribution in [1.82, 2.24) is 0 Å². The van der Waals surface area contributed by atoms with Gasteiger partial charge in [0, 0.05) is 0 Å². The molecule has 0 saturated heterocycles. The van der Waals surface area contributed by atoms with Crippen molar-refractivity contribution in [2.24, 2.45) is 56.7 Å². The van der Waals surface area contributed by atoms with Gasteiger partial charge in [0.2, 0.25) is 0 Å². The van der Waals surface area contributed by atoms with Crippen LogP contribution in [0, 0.1) is 56.7 Å². The van der Waals surface area contributed by atoms with Crippen molar-refractivity contribution >= 4 is 11.9 Å². The molecule has 37 heavy (non-hydrogen) atoms. The zero-order chi connectivity index (χ0) is 27.2. The number of ether oxygens (including phenoxy) is 2. The lowest BCUT2D eigenvalue weighted by Gasteiger charge is -2.70. The highest BCUT2D eigenvalue weighted by Crippen LogP contribution is 2.76. The number of fused-ring (bicyclic) bond motifs is 7. The van der Waals surface area contributed by atoms with Gasteiger partial charge in [-0.1, -0.05) is 53.2 Å². The summed E-state index contributed by atoms with van der Waals surface area (Å²) in [7, 11) is 3.07. The number of aliphatic hydroxyl groups is 1. The molecule has 0 aromatic rings. The SMILES string of the molecule is COC(=O)[C@]12CC[C@@H](C)[C@H](C)[C@H]1C1=CC[C@H]3[C@@]4(C)CC[C@H](O)C(C)(C)[C@@H]4CC[C@@]3(C)[C@]1(C(=O)OC)CC2. The summed E-state index contributed by atoms with van der Waals surface area (Å²) in [5, 5.41) is 11.0. The van der Waals surface area contributed by atoms with Crippen LogP contribution in [-0.2, 0) is 19.1 Å². The fraction of sp³-hybridized carbons (Fsp3) is 0.875. The van der Waals surface area contributed by atoms with Gasteiger partial charge >= 0.3 is 11.9 Å². The zero-order valence-corrected chi connectivity index (χ0v) is 24.5. The molecule has 4 fully saturated rings. The standard InChI is InChI=1S/C32H50O5/c1-19-11-16-31(26(34)36-7)17-18-32(27(35)37-8)21(25(31)20(19)2)9-10-23-29(5)14-13-24(33)28(3,4)22(29)12-15-30(23,32)6/h9,19-20,22-25,33H,10-18H2,1-8H3/t19-,20+,22+,23+,24+,25+,29+,30-,31+,32-/m1/s1. The number of esters is 2. The van der Waals surface area contributed by atoms with Crippen molar-refractivity contribution < 1.29 is 24.2 Å². The number of carbonyl (C=O) groups is 2. The molecule has 0 aromatic carbocycles. The lowest BCUT2D eigenvalue weighted by atomic mass is 9.33. The van der Waals surface area contributed by atoms with Crippen LogP contribution in [0.5, 0.6) is 0 Å². The van der Waals surface area contributed by atoms with Gasteiger partial charge in [-0.3, -0.25) is 9.59 Å². The number of rotatable bonds is 2. The highest BCUT2D eigenvalue weighted by molar-refractivity contribution is 5.86. The summed E-state index contributed by atoms with van der Waals surface area (Å²) in [4.78, 5) is 27.7. The van der Waals surface area contributed by atoms with Crippen LogP contribution in [0.2, 0.25) is 0 Å². The number of aliphatic hydroxyl groups excluding tert-OH is 1. The molecule has 0 spiro atoms. The van der Waals surface area contributed by atoms with E-state index in [9.17, 15) is 14.7 Å².